The van der Waals surface area contributed by atoms with E-state index in [1.54, 1.807) is 7.11 Å². The number of methoxy groups -OCH3 is 1. The Morgan fingerprint density at radius 1 is 1.61 bits per heavy atom. The molecular formula is C14H19N3O. The van der Waals surface area contributed by atoms with Crippen LogP contribution in [-0.4, -0.2) is 31.1 Å². The van der Waals surface area contributed by atoms with Crippen molar-refractivity contribution >= 4 is 5.96 Å². The molecule has 4 heteroatoms. The smallest absolute Gasteiger partial charge is 0.192 e. The van der Waals surface area contributed by atoms with Crippen LogP contribution < -0.4 is 10.5 Å². The summed E-state index contributed by atoms with van der Waals surface area (Å²) in [7, 11) is 1.68. The first-order valence-electron chi connectivity index (χ1n) is 5.99. The molecule has 4 nitrogen and oxygen atoms in total. The van der Waals surface area contributed by atoms with Gasteiger partial charge in [0.1, 0.15) is 5.75 Å². The molecule has 0 aliphatic carbocycles. The van der Waals surface area contributed by atoms with Gasteiger partial charge in [-0.1, -0.05) is 18.2 Å². The van der Waals surface area contributed by atoms with Crippen LogP contribution >= 0.6 is 0 Å². The molecule has 1 aliphatic rings. The van der Waals surface area contributed by atoms with Gasteiger partial charge in [0.25, 0.3) is 0 Å². The van der Waals surface area contributed by atoms with Gasteiger partial charge in [0.2, 0.25) is 0 Å². The van der Waals surface area contributed by atoms with E-state index in [1.807, 2.05) is 19.1 Å². The summed E-state index contributed by atoms with van der Waals surface area (Å²) in [5.74, 6) is 1.49. The molecule has 1 aromatic rings. The lowest BCUT2D eigenvalue weighted by atomic mass is 10.0. The third kappa shape index (κ3) is 2.18. The van der Waals surface area contributed by atoms with Crippen LogP contribution in [0, 0.1) is 6.92 Å². The van der Waals surface area contributed by atoms with E-state index in [4.69, 9.17) is 10.5 Å². The van der Waals surface area contributed by atoms with Gasteiger partial charge >= 0.3 is 0 Å². The monoisotopic (exact) mass is 245 g/mol. The third-order valence-electron chi connectivity index (χ3n) is 3.23. The summed E-state index contributed by atoms with van der Waals surface area (Å²) in [6.07, 6.45) is 1.84. The van der Waals surface area contributed by atoms with Crippen LogP contribution in [0.15, 0.2) is 35.8 Å². The maximum absolute atomic E-state index is 5.89. The third-order valence-corrected chi connectivity index (χ3v) is 3.23. The van der Waals surface area contributed by atoms with Crippen LogP contribution in [0.3, 0.4) is 0 Å². The minimum Gasteiger partial charge on any atom is -0.496 e. The summed E-state index contributed by atoms with van der Waals surface area (Å²) in [4.78, 5) is 6.37. The van der Waals surface area contributed by atoms with E-state index in [2.05, 4.69) is 28.6 Å². The fraction of sp³-hybridized carbons (Fsp3) is 0.357. The molecule has 2 rings (SSSR count). The highest BCUT2D eigenvalue weighted by atomic mass is 16.5. The quantitative estimate of drug-likeness (QED) is 0.824. The van der Waals surface area contributed by atoms with Gasteiger partial charge in [-0.25, -0.2) is 0 Å². The number of aryl methyl sites for hydroxylation is 1. The van der Waals surface area contributed by atoms with Crippen molar-refractivity contribution < 1.29 is 4.74 Å². The molecule has 0 saturated heterocycles. The molecule has 0 amide bonds. The fourth-order valence-corrected chi connectivity index (χ4v) is 2.28. The molecule has 1 heterocycles. The average molecular weight is 245 g/mol. The van der Waals surface area contributed by atoms with Gasteiger partial charge in [-0.2, -0.15) is 0 Å². The average Bonchev–Trinajstić information content (AvgIpc) is 2.72. The molecule has 0 aromatic heterocycles. The molecule has 1 unspecified atom stereocenters. The van der Waals surface area contributed by atoms with Crippen LogP contribution in [-0.2, 0) is 0 Å². The Labute approximate surface area is 108 Å². The summed E-state index contributed by atoms with van der Waals surface area (Å²) in [6.45, 7) is 7.21. The van der Waals surface area contributed by atoms with Crippen molar-refractivity contribution in [1.82, 2.24) is 4.90 Å². The molecule has 0 fully saturated rings. The highest BCUT2D eigenvalue weighted by Crippen LogP contribution is 2.28. The number of hydrogen-bond donors (Lipinski definition) is 1. The van der Waals surface area contributed by atoms with Crippen LogP contribution in [0.25, 0.3) is 0 Å². The Hall–Kier alpha value is -1.97. The van der Waals surface area contributed by atoms with Gasteiger partial charge in [-0.3, -0.25) is 4.99 Å². The first-order valence-corrected chi connectivity index (χ1v) is 5.99. The topological polar surface area (TPSA) is 50.8 Å². The van der Waals surface area contributed by atoms with Crippen LogP contribution in [0.4, 0.5) is 0 Å². The maximum Gasteiger partial charge on any atom is 0.192 e. The van der Waals surface area contributed by atoms with E-state index in [0.717, 1.165) is 11.3 Å². The van der Waals surface area contributed by atoms with Crippen molar-refractivity contribution in [2.45, 2.75) is 13.0 Å². The SMILES string of the molecule is C=CCN1C(N)=NCC1c1ccc(OC)c(C)c1. The van der Waals surface area contributed by atoms with Gasteiger partial charge in [-0.15, -0.1) is 6.58 Å². The number of aliphatic imine (C=N–C) groups is 1. The number of guanidine groups is 1. The molecule has 2 N–H and O–H groups in total. The Kier molecular flexibility index (Phi) is 3.55. The number of benzene rings is 1. The maximum atomic E-state index is 5.89. The predicted molar refractivity (Wildman–Crippen MR) is 73.9 cm³/mol. The standard InChI is InChI=1S/C14H19N3O/c1-4-7-17-12(9-16-14(17)15)11-5-6-13(18-3)10(2)8-11/h4-6,8,12H,1,7,9H2,2-3H3,(H2,15,16). The van der Waals surface area contributed by atoms with Crippen LogP contribution in [0.5, 0.6) is 5.75 Å². The minimum absolute atomic E-state index is 0.201. The van der Waals surface area contributed by atoms with E-state index in [9.17, 15) is 0 Å². The zero-order chi connectivity index (χ0) is 13.1. The summed E-state index contributed by atoms with van der Waals surface area (Å²) in [5, 5.41) is 0. The minimum atomic E-state index is 0.201. The normalized spacial score (nSPS) is 18.7. The first kappa shape index (κ1) is 12.5. The fourth-order valence-electron chi connectivity index (χ4n) is 2.28. The summed E-state index contributed by atoms with van der Waals surface area (Å²) in [5.41, 5.74) is 8.22. The van der Waals surface area contributed by atoms with Gasteiger partial charge in [0, 0.05) is 6.54 Å². The summed E-state index contributed by atoms with van der Waals surface area (Å²) in [6, 6.07) is 6.40. The van der Waals surface area contributed by atoms with Gasteiger partial charge in [0.15, 0.2) is 5.96 Å². The van der Waals surface area contributed by atoms with Crippen molar-refractivity contribution in [3.05, 3.63) is 42.0 Å². The molecule has 18 heavy (non-hydrogen) atoms. The Morgan fingerprint density at radius 3 is 3.00 bits per heavy atom. The Morgan fingerprint density at radius 2 is 2.39 bits per heavy atom. The molecular weight excluding hydrogens is 226 g/mol. The summed E-state index contributed by atoms with van der Waals surface area (Å²) < 4.78 is 5.27. The molecule has 1 atom stereocenters. The van der Waals surface area contributed by atoms with Crippen molar-refractivity contribution in [2.75, 3.05) is 20.2 Å². The zero-order valence-electron chi connectivity index (χ0n) is 10.9. The Bertz CT molecular complexity index is 482. The number of nitrogens with two attached hydrogens (primary N) is 1. The number of ether oxygens (including phenoxy) is 1. The van der Waals surface area contributed by atoms with Crippen molar-refractivity contribution in [3.8, 4) is 5.75 Å². The van der Waals surface area contributed by atoms with E-state index >= 15 is 0 Å². The predicted octanol–water partition coefficient (Wildman–Crippen LogP) is 1.86. The van der Waals surface area contributed by atoms with Gasteiger partial charge in [-0.05, 0) is 24.1 Å². The van der Waals surface area contributed by atoms with Crippen LogP contribution in [0.1, 0.15) is 17.2 Å². The van der Waals surface area contributed by atoms with E-state index in [1.165, 1.54) is 5.56 Å². The summed E-state index contributed by atoms with van der Waals surface area (Å²) >= 11 is 0. The lowest BCUT2D eigenvalue weighted by Crippen LogP contribution is -2.36. The van der Waals surface area contributed by atoms with Crippen molar-refractivity contribution in [3.63, 3.8) is 0 Å². The lowest BCUT2D eigenvalue weighted by Gasteiger charge is -2.25. The number of nitrogens with zero attached hydrogens (tertiary/aromatic N) is 2. The van der Waals surface area contributed by atoms with Gasteiger partial charge in [0.05, 0.1) is 19.7 Å². The highest BCUT2D eigenvalue weighted by Gasteiger charge is 2.26. The van der Waals surface area contributed by atoms with Crippen molar-refractivity contribution in [2.24, 2.45) is 10.7 Å². The molecule has 1 aliphatic heterocycles. The molecule has 0 bridgehead atoms. The largest absolute Gasteiger partial charge is 0.496 e. The Balaban J connectivity index is 2.26. The van der Waals surface area contributed by atoms with Crippen molar-refractivity contribution in [1.29, 1.82) is 0 Å². The van der Waals surface area contributed by atoms with E-state index < -0.39 is 0 Å². The number of rotatable bonds is 4. The molecule has 0 saturated carbocycles. The number of hydrogen-bond acceptors (Lipinski definition) is 4. The van der Waals surface area contributed by atoms with Gasteiger partial charge < -0.3 is 15.4 Å². The second-order valence-electron chi connectivity index (χ2n) is 4.38. The highest BCUT2D eigenvalue weighted by molar-refractivity contribution is 5.80. The van der Waals surface area contributed by atoms with Crippen LogP contribution in [0.2, 0.25) is 0 Å². The van der Waals surface area contributed by atoms with E-state index in [0.29, 0.717) is 19.0 Å². The second-order valence-corrected chi connectivity index (χ2v) is 4.38. The molecule has 0 spiro atoms. The molecule has 0 radical (unpaired) electrons. The molecule has 1 aromatic carbocycles. The molecule has 96 valence electrons. The first-order chi connectivity index (χ1) is 8.67. The second kappa shape index (κ2) is 5.12. The zero-order valence-corrected chi connectivity index (χ0v) is 10.9. The van der Waals surface area contributed by atoms with E-state index in [-0.39, 0.29) is 6.04 Å². The lowest BCUT2D eigenvalue weighted by molar-refractivity contribution is 0.378.